The zero-order chi connectivity index (χ0) is 14.8. The summed E-state index contributed by atoms with van der Waals surface area (Å²) < 4.78 is 2.22. The molecule has 0 N–H and O–H groups in total. The van der Waals surface area contributed by atoms with Gasteiger partial charge in [0.25, 0.3) is 5.69 Å². The van der Waals surface area contributed by atoms with Crippen molar-refractivity contribution in [3.63, 3.8) is 0 Å². The molecule has 5 heteroatoms. The standard InChI is InChI=1S/C16H21N3O2/c1-17-8-4-13(5-9-17)6-10-18-11-7-14-12-15(19(20)21)2-3-16(14)18/h2-3,7,11-13H,4-6,8-10H2,1H3. The summed E-state index contributed by atoms with van der Waals surface area (Å²) in [6.45, 7) is 3.39. The summed E-state index contributed by atoms with van der Waals surface area (Å²) in [5.74, 6) is 0.802. The van der Waals surface area contributed by atoms with Crippen LogP contribution in [-0.2, 0) is 6.54 Å². The van der Waals surface area contributed by atoms with Crippen LogP contribution in [0.5, 0.6) is 0 Å². The Morgan fingerprint density at radius 2 is 2.05 bits per heavy atom. The van der Waals surface area contributed by atoms with Crippen molar-refractivity contribution in [3.8, 4) is 0 Å². The Morgan fingerprint density at radius 3 is 2.76 bits per heavy atom. The van der Waals surface area contributed by atoms with Crippen molar-refractivity contribution in [1.82, 2.24) is 9.47 Å². The van der Waals surface area contributed by atoms with E-state index in [1.807, 2.05) is 18.3 Å². The quantitative estimate of drug-likeness (QED) is 0.640. The van der Waals surface area contributed by atoms with Crippen LogP contribution < -0.4 is 0 Å². The Balaban J connectivity index is 1.68. The summed E-state index contributed by atoms with van der Waals surface area (Å²) in [6, 6.07) is 7.08. The molecular weight excluding hydrogens is 266 g/mol. The lowest BCUT2D eigenvalue weighted by Gasteiger charge is -2.29. The van der Waals surface area contributed by atoms with Gasteiger partial charge < -0.3 is 9.47 Å². The summed E-state index contributed by atoms with van der Waals surface area (Å²) >= 11 is 0. The van der Waals surface area contributed by atoms with Crippen LogP contribution in [-0.4, -0.2) is 34.5 Å². The summed E-state index contributed by atoms with van der Waals surface area (Å²) in [5.41, 5.74) is 1.25. The number of nitro benzene ring substituents is 1. The smallest absolute Gasteiger partial charge is 0.270 e. The van der Waals surface area contributed by atoms with Gasteiger partial charge in [-0.05, 0) is 57.5 Å². The Bertz CT molecular complexity index is 642. The molecule has 0 amide bonds. The van der Waals surface area contributed by atoms with E-state index in [0.29, 0.717) is 0 Å². The van der Waals surface area contributed by atoms with E-state index < -0.39 is 0 Å². The molecule has 1 aliphatic heterocycles. The molecule has 1 aromatic heterocycles. The van der Waals surface area contributed by atoms with Crippen molar-refractivity contribution in [2.75, 3.05) is 20.1 Å². The second-order valence-electron chi connectivity index (χ2n) is 6.04. The molecule has 21 heavy (non-hydrogen) atoms. The van der Waals surface area contributed by atoms with Crippen molar-refractivity contribution in [3.05, 3.63) is 40.6 Å². The average molecular weight is 287 g/mol. The Labute approximate surface area is 124 Å². The van der Waals surface area contributed by atoms with Crippen molar-refractivity contribution < 1.29 is 4.92 Å². The van der Waals surface area contributed by atoms with Crippen molar-refractivity contribution >= 4 is 16.6 Å². The van der Waals surface area contributed by atoms with Gasteiger partial charge in [-0.1, -0.05) is 0 Å². The number of nitrogens with zero attached hydrogens (tertiary/aromatic N) is 3. The first-order valence-electron chi connectivity index (χ1n) is 7.55. The minimum atomic E-state index is -0.338. The lowest BCUT2D eigenvalue weighted by Crippen LogP contribution is -2.30. The lowest BCUT2D eigenvalue weighted by molar-refractivity contribution is -0.384. The van der Waals surface area contributed by atoms with Gasteiger partial charge in [-0.3, -0.25) is 10.1 Å². The normalized spacial score (nSPS) is 17.4. The van der Waals surface area contributed by atoms with Crippen LogP contribution in [0.2, 0.25) is 0 Å². The predicted molar refractivity (Wildman–Crippen MR) is 83.4 cm³/mol. The Morgan fingerprint density at radius 1 is 1.29 bits per heavy atom. The minimum absolute atomic E-state index is 0.163. The summed E-state index contributed by atoms with van der Waals surface area (Å²) in [6.07, 6.45) is 5.79. The number of nitro groups is 1. The summed E-state index contributed by atoms with van der Waals surface area (Å²) in [7, 11) is 2.18. The number of aryl methyl sites for hydroxylation is 1. The number of hydrogen-bond acceptors (Lipinski definition) is 3. The van der Waals surface area contributed by atoms with Crippen LogP contribution in [0.25, 0.3) is 10.9 Å². The summed E-state index contributed by atoms with van der Waals surface area (Å²) in [4.78, 5) is 12.9. The highest BCUT2D eigenvalue weighted by Gasteiger charge is 2.16. The second kappa shape index (κ2) is 5.85. The topological polar surface area (TPSA) is 51.3 Å². The van der Waals surface area contributed by atoms with Crippen molar-refractivity contribution in [1.29, 1.82) is 0 Å². The number of piperidine rings is 1. The van der Waals surface area contributed by atoms with Gasteiger partial charge in [0.2, 0.25) is 0 Å². The molecule has 1 aromatic carbocycles. The molecule has 0 aliphatic carbocycles. The van der Waals surface area contributed by atoms with Gasteiger partial charge in [0.15, 0.2) is 0 Å². The molecule has 1 aliphatic rings. The largest absolute Gasteiger partial charge is 0.347 e. The number of benzene rings is 1. The maximum atomic E-state index is 10.8. The number of non-ortho nitro benzene ring substituents is 1. The van der Waals surface area contributed by atoms with Crippen LogP contribution in [0, 0.1) is 16.0 Å². The van der Waals surface area contributed by atoms with Gasteiger partial charge in [0.05, 0.1) is 4.92 Å². The molecule has 0 atom stereocenters. The first-order chi connectivity index (χ1) is 10.1. The average Bonchev–Trinajstić information content (AvgIpc) is 2.89. The Kier molecular flexibility index (Phi) is 3.92. The molecule has 0 bridgehead atoms. The minimum Gasteiger partial charge on any atom is -0.347 e. The fraction of sp³-hybridized carbons (Fsp3) is 0.500. The SMILES string of the molecule is CN1CCC(CCn2ccc3cc([N+](=O)[O-])ccc32)CC1. The molecule has 3 rings (SSSR count). The van der Waals surface area contributed by atoms with E-state index in [2.05, 4.69) is 16.5 Å². The molecular formula is C16H21N3O2. The first-order valence-corrected chi connectivity index (χ1v) is 7.55. The zero-order valence-corrected chi connectivity index (χ0v) is 12.4. The molecule has 0 saturated carbocycles. The third-order valence-electron chi connectivity index (χ3n) is 4.58. The van der Waals surface area contributed by atoms with Crippen molar-refractivity contribution in [2.45, 2.75) is 25.8 Å². The van der Waals surface area contributed by atoms with E-state index in [0.717, 1.165) is 23.4 Å². The molecule has 5 nitrogen and oxygen atoms in total. The van der Waals surface area contributed by atoms with Crippen LogP contribution >= 0.6 is 0 Å². The zero-order valence-electron chi connectivity index (χ0n) is 12.4. The molecule has 1 fully saturated rings. The molecule has 2 heterocycles. The number of aromatic nitrogens is 1. The van der Waals surface area contributed by atoms with Gasteiger partial charge in [-0.2, -0.15) is 0 Å². The molecule has 0 radical (unpaired) electrons. The molecule has 0 spiro atoms. The predicted octanol–water partition coefficient (Wildman–Crippen LogP) is 3.28. The van der Waals surface area contributed by atoms with E-state index in [1.165, 1.54) is 32.4 Å². The monoisotopic (exact) mass is 287 g/mol. The van der Waals surface area contributed by atoms with E-state index in [9.17, 15) is 10.1 Å². The highest BCUT2D eigenvalue weighted by atomic mass is 16.6. The van der Waals surface area contributed by atoms with Gasteiger partial charge in [-0.15, -0.1) is 0 Å². The summed E-state index contributed by atoms with van der Waals surface area (Å²) in [5, 5.41) is 11.8. The van der Waals surface area contributed by atoms with E-state index in [1.54, 1.807) is 12.1 Å². The van der Waals surface area contributed by atoms with Gasteiger partial charge in [0, 0.05) is 35.8 Å². The third-order valence-corrected chi connectivity index (χ3v) is 4.58. The highest BCUT2D eigenvalue weighted by Crippen LogP contribution is 2.24. The first kappa shape index (κ1) is 14.1. The second-order valence-corrected chi connectivity index (χ2v) is 6.04. The van der Waals surface area contributed by atoms with E-state index >= 15 is 0 Å². The van der Waals surface area contributed by atoms with Crippen LogP contribution in [0.3, 0.4) is 0 Å². The fourth-order valence-corrected chi connectivity index (χ4v) is 3.17. The van der Waals surface area contributed by atoms with Crippen LogP contribution in [0.4, 0.5) is 5.69 Å². The van der Waals surface area contributed by atoms with Crippen LogP contribution in [0.15, 0.2) is 30.5 Å². The molecule has 0 unspecified atom stereocenters. The number of likely N-dealkylation sites (tertiary alicyclic amines) is 1. The third kappa shape index (κ3) is 3.08. The van der Waals surface area contributed by atoms with Crippen molar-refractivity contribution in [2.24, 2.45) is 5.92 Å². The fourth-order valence-electron chi connectivity index (χ4n) is 3.17. The highest BCUT2D eigenvalue weighted by molar-refractivity contribution is 5.82. The van der Waals surface area contributed by atoms with E-state index in [-0.39, 0.29) is 10.6 Å². The van der Waals surface area contributed by atoms with Gasteiger partial charge >= 0.3 is 0 Å². The molecule has 2 aromatic rings. The van der Waals surface area contributed by atoms with Crippen LogP contribution in [0.1, 0.15) is 19.3 Å². The number of rotatable bonds is 4. The maximum absolute atomic E-state index is 10.8. The number of fused-ring (bicyclic) bond motifs is 1. The molecule has 112 valence electrons. The van der Waals surface area contributed by atoms with Gasteiger partial charge in [-0.25, -0.2) is 0 Å². The molecule has 1 saturated heterocycles. The van der Waals surface area contributed by atoms with E-state index in [4.69, 9.17) is 0 Å². The van der Waals surface area contributed by atoms with Gasteiger partial charge in [0.1, 0.15) is 0 Å². The Hall–Kier alpha value is -1.88. The lowest BCUT2D eigenvalue weighted by atomic mass is 9.94. The maximum Gasteiger partial charge on any atom is 0.270 e. The number of hydrogen-bond donors (Lipinski definition) is 0.